The number of rotatable bonds is 9. The first-order valence-electron chi connectivity index (χ1n) is 8.43. The van der Waals surface area contributed by atoms with E-state index < -0.39 is 17.9 Å². The van der Waals surface area contributed by atoms with Crippen LogP contribution < -0.4 is 15.4 Å². The first-order valence-corrected chi connectivity index (χ1v) is 9.31. The molecule has 0 saturated carbocycles. The SMILES string of the molecule is COc1ccc(-c2csc(NC(=O)[C@H](CC(=O)O)NCc3ccco3)n2)cc1. The number of hydrogen-bond acceptors (Lipinski definition) is 7. The Hall–Kier alpha value is -3.17. The van der Waals surface area contributed by atoms with Gasteiger partial charge in [0.05, 0.1) is 38.1 Å². The van der Waals surface area contributed by atoms with Crippen molar-refractivity contribution in [2.24, 2.45) is 0 Å². The number of benzene rings is 1. The minimum Gasteiger partial charge on any atom is -0.497 e. The number of aromatic nitrogens is 1. The number of carbonyl (C=O) groups excluding carboxylic acids is 1. The number of ether oxygens (including phenoxy) is 1. The van der Waals surface area contributed by atoms with Gasteiger partial charge in [-0.15, -0.1) is 11.3 Å². The molecule has 3 rings (SSSR count). The molecule has 0 saturated heterocycles. The Morgan fingerprint density at radius 2 is 2.07 bits per heavy atom. The van der Waals surface area contributed by atoms with E-state index in [0.717, 1.165) is 11.3 Å². The van der Waals surface area contributed by atoms with Crippen molar-refractivity contribution in [2.75, 3.05) is 12.4 Å². The van der Waals surface area contributed by atoms with Crippen molar-refractivity contribution in [2.45, 2.75) is 19.0 Å². The molecule has 0 unspecified atom stereocenters. The van der Waals surface area contributed by atoms with E-state index in [-0.39, 0.29) is 13.0 Å². The summed E-state index contributed by atoms with van der Waals surface area (Å²) in [4.78, 5) is 28.0. The van der Waals surface area contributed by atoms with Gasteiger partial charge in [0.1, 0.15) is 11.5 Å². The number of carboxylic acid groups (broad SMARTS) is 1. The van der Waals surface area contributed by atoms with Crippen LogP contribution >= 0.6 is 11.3 Å². The minimum atomic E-state index is -1.08. The first kappa shape index (κ1) is 19.6. The minimum absolute atomic E-state index is 0.243. The topological polar surface area (TPSA) is 114 Å². The normalized spacial score (nSPS) is 11.8. The van der Waals surface area contributed by atoms with Crippen molar-refractivity contribution < 1.29 is 23.8 Å². The number of nitrogens with zero attached hydrogens (tertiary/aromatic N) is 1. The first-order chi connectivity index (χ1) is 13.5. The molecule has 3 N–H and O–H groups in total. The molecule has 9 heteroatoms. The smallest absolute Gasteiger partial charge is 0.305 e. The third-order valence-corrected chi connectivity index (χ3v) is 4.68. The van der Waals surface area contributed by atoms with Gasteiger partial charge in [-0.1, -0.05) is 0 Å². The number of hydrogen-bond donors (Lipinski definition) is 3. The molecule has 1 amide bonds. The van der Waals surface area contributed by atoms with E-state index in [4.69, 9.17) is 14.3 Å². The maximum atomic E-state index is 12.5. The number of amides is 1. The number of carboxylic acids is 1. The van der Waals surface area contributed by atoms with Gasteiger partial charge < -0.3 is 19.6 Å². The Bertz CT molecular complexity index is 921. The van der Waals surface area contributed by atoms with Crippen LogP contribution in [-0.2, 0) is 16.1 Å². The molecule has 8 nitrogen and oxygen atoms in total. The Balaban J connectivity index is 1.65. The molecule has 3 aromatic rings. The van der Waals surface area contributed by atoms with Crippen molar-refractivity contribution in [3.63, 3.8) is 0 Å². The zero-order valence-corrected chi connectivity index (χ0v) is 15.9. The number of anilines is 1. The van der Waals surface area contributed by atoms with E-state index in [1.54, 1.807) is 19.2 Å². The second kappa shape index (κ2) is 9.16. The van der Waals surface area contributed by atoms with Crippen LogP contribution in [0.4, 0.5) is 5.13 Å². The third kappa shape index (κ3) is 5.18. The molecule has 2 aromatic heterocycles. The Morgan fingerprint density at radius 3 is 2.71 bits per heavy atom. The average molecular weight is 401 g/mol. The number of methoxy groups -OCH3 is 1. The largest absolute Gasteiger partial charge is 0.497 e. The van der Waals surface area contributed by atoms with E-state index in [1.165, 1.54) is 17.6 Å². The highest BCUT2D eigenvalue weighted by Crippen LogP contribution is 2.26. The van der Waals surface area contributed by atoms with Crippen LogP contribution in [0.1, 0.15) is 12.2 Å². The molecule has 146 valence electrons. The van der Waals surface area contributed by atoms with Crippen LogP contribution in [0, 0.1) is 0 Å². The molecule has 1 atom stereocenters. The maximum absolute atomic E-state index is 12.5. The molecule has 0 spiro atoms. The highest BCUT2D eigenvalue weighted by Gasteiger charge is 2.22. The summed E-state index contributed by atoms with van der Waals surface area (Å²) in [5, 5.41) is 16.9. The lowest BCUT2D eigenvalue weighted by molar-refractivity contribution is -0.139. The summed E-state index contributed by atoms with van der Waals surface area (Å²) in [6.45, 7) is 0.243. The van der Waals surface area contributed by atoms with Crippen LogP contribution in [0.25, 0.3) is 11.3 Å². The van der Waals surface area contributed by atoms with Crippen LogP contribution in [0.3, 0.4) is 0 Å². The van der Waals surface area contributed by atoms with Crippen LogP contribution in [-0.4, -0.2) is 35.1 Å². The lowest BCUT2D eigenvalue weighted by Crippen LogP contribution is -2.41. The fourth-order valence-electron chi connectivity index (χ4n) is 2.49. The van der Waals surface area contributed by atoms with E-state index in [1.807, 2.05) is 29.6 Å². The van der Waals surface area contributed by atoms with Crippen molar-refractivity contribution in [3.8, 4) is 17.0 Å². The standard InChI is InChI=1S/C19H19N3O5S/c1-26-13-6-4-12(5-7-13)16-11-28-19(21-16)22-18(25)15(9-17(23)24)20-10-14-3-2-8-27-14/h2-8,11,15,20H,9-10H2,1H3,(H,23,24)(H,21,22,25)/t15-/m0/s1. The molecule has 28 heavy (non-hydrogen) atoms. The number of thiazole rings is 1. The number of carbonyl (C=O) groups is 2. The fourth-order valence-corrected chi connectivity index (χ4v) is 3.21. The second-order valence-electron chi connectivity index (χ2n) is 5.87. The maximum Gasteiger partial charge on any atom is 0.305 e. The Kier molecular flexibility index (Phi) is 6.41. The predicted molar refractivity (Wildman–Crippen MR) is 104 cm³/mol. The van der Waals surface area contributed by atoms with Crippen LogP contribution in [0.2, 0.25) is 0 Å². The summed E-state index contributed by atoms with van der Waals surface area (Å²) in [7, 11) is 1.60. The van der Waals surface area contributed by atoms with E-state index in [0.29, 0.717) is 16.6 Å². The van der Waals surface area contributed by atoms with Gasteiger partial charge in [0, 0.05) is 10.9 Å². The van der Waals surface area contributed by atoms with Gasteiger partial charge in [0.15, 0.2) is 5.13 Å². The van der Waals surface area contributed by atoms with E-state index in [2.05, 4.69) is 15.6 Å². The summed E-state index contributed by atoms with van der Waals surface area (Å²) in [5.74, 6) is -0.194. The molecular weight excluding hydrogens is 382 g/mol. The monoisotopic (exact) mass is 401 g/mol. The van der Waals surface area contributed by atoms with Gasteiger partial charge in [-0.05, 0) is 36.4 Å². The Morgan fingerprint density at radius 1 is 1.29 bits per heavy atom. The van der Waals surface area contributed by atoms with Gasteiger partial charge in [0.25, 0.3) is 0 Å². The summed E-state index contributed by atoms with van der Waals surface area (Å²) < 4.78 is 10.3. The fraction of sp³-hybridized carbons (Fsp3) is 0.211. The van der Waals surface area contributed by atoms with Gasteiger partial charge in [-0.3, -0.25) is 14.9 Å². The Labute approximate surface area is 165 Å². The van der Waals surface area contributed by atoms with Crippen molar-refractivity contribution in [3.05, 3.63) is 53.8 Å². The van der Waals surface area contributed by atoms with E-state index >= 15 is 0 Å². The molecule has 0 bridgehead atoms. The summed E-state index contributed by atoms with van der Waals surface area (Å²) in [6, 6.07) is 9.94. The zero-order valence-electron chi connectivity index (χ0n) is 15.0. The molecule has 0 aliphatic heterocycles. The number of nitrogens with one attached hydrogen (secondary N) is 2. The van der Waals surface area contributed by atoms with Crippen molar-refractivity contribution in [1.29, 1.82) is 0 Å². The molecule has 0 aliphatic carbocycles. The highest BCUT2D eigenvalue weighted by molar-refractivity contribution is 7.14. The predicted octanol–water partition coefficient (Wildman–Crippen LogP) is 2.98. The van der Waals surface area contributed by atoms with E-state index in [9.17, 15) is 9.59 Å². The summed E-state index contributed by atoms with van der Waals surface area (Å²) in [5.41, 5.74) is 1.59. The zero-order chi connectivity index (χ0) is 19.9. The third-order valence-electron chi connectivity index (χ3n) is 3.92. The average Bonchev–Trinajstić information content (AvgIpc) is 3.37. The number of furan rings is 1. The lowest BCUT2D eigenvalue weighted by atomic mass is 10.2. The van der Waals surface area contributed by atoms with Crippen molar-refractivity contribution in [1.82, 2.24) is 10.3 Å². The van der Waals surface area contributed by atoms with Crippen LogP contribution in [0.15, 0.2) is 52.5 Å². The van der Waals surface area contributed by atoms with Gasteiger partial charge >= 0.3 is 5.97 Å². The summed E-state index contributed by atoms with van der Waals surface area (Å²) >= 11 is 1.27. The van der Waals surface area contributed by atoms with Gasteiger partial charge in [-0.2, -0.15) is 0 Å². The van der Waals surface area contributed by atoms with Crippen molar-refractivity contribution >= 4 is 28.3 Å². The lowest BCUT2D eigenvalue weighted by Gasteiger charge is -2.15. The molecule has 1 aromatic carbocycles. The molecule has 0 radical (unpaired) electrons. The molecule has 0 aliphatic rings. The molecule has 2 heterocycles. The highest BCUT2D eigenvalue weighted by atomic mass is 32.1. The second-order valence-corrected chi connectivity index (χ2v) is 6.72. The molecule has 0 fully saturated rings. The number of aliphatic carboxylic acids is 1. The molecular formula is C19H19N3O5S. The van der Waals surface area contributed by atoms with Crippen LogP contribution in [0.5, 0.6) is 5.75 Å². The van der Waals surface area contributed by atoms with Gasteiger partial charge in [0.2, 0.25) is 5.91 Å². The quantitative estimate of drug-likeness (QED) is 0.505. The summed E-state index contributed by atoms with van der Waals surface area (Å²) in [6.07, 6.45) is 1.16. The van der Waals surface area contributed by atoms with Gasteiger partial charge in [-0.25, -0.2) is 4.98 Å².